The van der Waals surface area contributed by atoms with Crippen LogP contribution < -0.4 is 4.74 Å². The van der Waals surface area contributed by atoms with Gasteiger partial charge in [-0.05, 0) is 44.5 Å². The molecule has 19 heavy (non-hydrogen) atoms. The summed E-state index contributed by atoms with van der Waals surface area (Å²) < 4.78 is 5.64. The van der Waals surface area contributed by atoms with Crippen molar-refractivity contribution in [2.75, 3.05) is 19.7 Å². The van der Waals surface area contributed by atoms with Crippen LogP contribution >= 0.6 is 0 Å². The summed E-state index contributed by atoms with van der Waals surface area (Å²) in [6.07, 6.45) is 3.84. The Hall–Kier alpha value is -1.55. The number of ether oxygens (including phenoxy) is 1. The predicted octanol–water partition coefficient (Wildman–Crippen LogP) is 2.64. The molecule has 2 rings (SSSR count). The Kier molecular flexibility index (Phi) is 4.80. The number of carboxylic acids is 1. The Labute approximate surface area is 114 Å². The average Bonchev–Trinajstić information content (AvgIpc) is 2.41. The van der Waals surface area contributed by atoms with E-state index in [0.717, 1.165) is 13.1 Å². The van der Waals surface area contributed by atoms with Crippen molar-refractivity contribution in [1.82, 2.24) is 4.90 Å². The monoisotopic (exact) mass is 263 g/mol. The van der Waals surface area contributed by atoms with Gasteiger partial charge in [-0.1, -0.05) is 12.5 Å². The molecular formula is C15H21NO3. The second-order valence-corrected chi connectivity index (χ2v) is 5.06. The fraction of sp³-hybridized carbons (Fsp3) is 0.533. The molecule has 1 N–H and O–H groups in total. The number of piperidine rings is 1. The molecule has 4 nitrogen and oxygen atoms in total. The van der Waals surface area contributed by atoms with Gasteiger partial charge in [0, 0.05) is 12.6 Å². The zero-order valence-electron chi connectivity index (χ0n) is 11.3. The zero-order valence-corrected chi connectivity index (χ0v) is 11.3. The van der Waals surface area contributed by atoms with E-state index in [0.29, 0.717) is 18.4 Å². The van der Waals surface area contributed by atoms with Crippen molar-refractivity contribution in [3.05, 3.63) is 29.8 Å². The van der Waals surface area contributed by atoms with Crippen LogP contribution in [0.3, 0.4) is 0 Å². The van der Waals surface area contributed by atoms with Crippen molar-refractivity contribution < 1.29 is 14.6 Å². The number of likely N-dealkylation sites (tertiary alicyclic amines) is 1. The highest BCUT2D eigenvalue weighted by molar-refractivity contribution is 5.87. The van der Waals surface area contributed by atoms with E-state index in [-0.39, 0.29) is 5.56 Å². The number of hydrogen-bond donors (Lipinski definition) is 1. The lowest BCUT2D eigenvalue weighted by Gasteiger charge is -2.33. The molecule has 1 aliphatic rings. The second kappa shape index (κ2) is 6.57. The van der Waals surface area contributed by atoms with Gasteiger partial charge in [0.1, 0.15) is 12.4 Å². The fourth-order valence-electron chi connectivity index (χ4n) is 2.49. The van der Waals surface area contributed by atoms with Gasteiger partial charge >= 0.3 is 5.97 Å². The summed E-state index contributed by atoms with van der Waals surface area (Å²) in [7, 11) is 0. The van der Waals surface area contributed by atoms with E-state index in [1.807, 2.05) is 0 Å². The number of hydrogen-bond acceptors (Lipinski definition) is 3. The van der Waals surface area contributed by atoms with E-state index >= 15 is 0 Å². The second-order valence-electron chi connectivity index (χ2n) is 5.06. The van der Waals surface area contributed by atoms with Gasteiger partial charge in [0.2, 0.25) is 0 Å². The highest BCUT2D eigenvalue weighted by Gasteiger charge is 2.17. The number of carboxylic acid groups (broad SMARTS) is 1. The molecule has 0 spiro atoms. The smallest absolute Gasteiger partial charge is 0.335 e. The maximum absolute atomic E-state index is 10.9. The first kappa shape index (κ1) is 13.9. The molecule has 0 amide bonds. The maximum atomic E-state index is 10.9. The van der Waals surface area contributed by atoms with E-state index in [9.17, 15) is 4.79 Å². The first-order valence-corrected chi connectivity index (χ1v) is 6.87. The molecule has 0 aromatic heterocycles. The van der Waals surface area contributed by atoms with Crippen LogP contribution in [-0.4, -0.2) is 41.7 Å². The SMILES string of the molecule is CC1CCCCN1CCOc1cccc(C(=O)O)c1. The summed E-state index contributed by atoms with van der Waals surface area (Å²) in [5, 5.41) is 8.91. The number of aromatic carboxylic acids is 1. The normalized spacial score (nSPS) is 20.2. The van der Waals surface area contributed by atoms with Crippen molar-refractivity contribution in [3.63, 3.8) is 0 Å². The summed E-state index contributed by atoms with van der Waals surface area (Å²) in [4.78, 5) is 13.3. The number of nitrogens with zero attached hydrogens (tertiary/aromatic N) is 1. The Balaban J connectivity index is 1.82. The van der Waals surface area contributed by atoms with E-state index in [1.54, 1.807) is 24.3 Å². The van der Waals surface area contributed by atoms with Gasteiger partial charge in [-0.15, -0.1) is 0 Å². The average molecular weight is 263 g/mol. The zero-order chi connectivity index (χ0) is 13.7. The lowest BCUT2D eigenvalue weighted by Crippen LogP contribution is -2.39. The summed E-state index contributed by atoms with van der Waals surface area (Å²) >= 11 is 0. The van der Waals surface area contributed by atoms with Crippen LogP contribution in [-0.2, 0) is 0 Å². The standard InChI is InChI=1S/C15H21NO3/c1-12-5-2-3-8-16(12)9-10-19-14-7-4-6-13(11-14)15(17)18/h4,6-7,11-12H,2-3,5,8-10H2,1H3,(H,17,18). The molecule has 104 valence electrons. The van der Waals surface area contributed by atoms with Crippen LogP contribution in [0.4, 0.5) is 0 Å². The Morgan fingerprint density at radius 2 is 2.32 bits per heavy atom. The minimum atomic E-state index is -0.921. The third-order valence-electron chi connectivity index (χ3n) is 3.67. The molecule has 0 radical (unpaired) electrons. The summed E-state index contributed by atoms with van der Waals surface area (Å²) in [6, 6.07) is 7.28. The van der Waals surface area contributed by atoms with Crippen LogP contribution in [0.2, 0.25) is 0 Å². The molecule has 1 heterocycles. The quantitative estimate of drug-likeness (QED) is 0.887. The molecule has 1 aromatic carbocycles. The lowest BCUT2D eigenvalue weighted by molar-refractivity contribution is 0.0696. The van der Waals surface area contributed by atoms with Crippen LogP contribution in [0.5, 0.6) is 5.75 Å². The molecule has 0 aliphatic carbocycles. The third-order valence-corrected chi connectivity index (χ3v) is 3.67. The lowest BCUT2D eigenvalue weighted by atomic mass is 10.0. The van der Waals surface area contributed by atoms with Gasteiger partial charge in [0.15, 0.2) is 0 Å². The topological polar surface area (TPSA) is 49.8 Å². The van der Waals surface area contributed by atoms with E-state index in [1.165, 1.54) is 19.3 Å². The molecule has 1 aliphatic heterocycles. The minimum Gasteiger partial charge on any atom is -0.492 e. The highest BCUT2D eigenvalue weighted by atomic mass is 16.5. The maximum Gasteiger partial charge on any atom is 0.335 e. The first-order valence-electron chi connectivity index (χ1n) is 6.87. The number of rotatable bonds is 5. The largest absolute Gasteiger partial charge is 0.492 e. The van der Waals surface area contributed by atoms with Crippen LogP contribution in [0.25, 0.3) is 0 Å². The van der Waals surface area contributed by atoms with E-state index in [4.69, 9.17) is 9.84 Å². The molecule has 1 unspecified atom stereocenters. The molecule has 0 saturated carbocycles. The van der Waals surface area contributed by atoms with Gasteiger partial charge in [0.05, 0.1) is 5.56 Å². The first-order chi connectivity index (χ1) is 9.16. The van der Waals surface area contributed by atoms with Gasteiger partial charge in [0.25, 0.3) is 0 Å². The van der Waals surface area contributed by atoms with Gasteiger partial charge in [-0.2, -0.15) is 0 Å². The Morgan fingerprint density at radius 3 is 3.05 bits per heavy atom. The molecule has 4 heteroatoms. The molecule has 1 saturated heterocycles. The van der Waals surface area contributed by atoms with Gasteiger partial charge in [-0.3, -0.25) is 4.90 Å². The summed E-state index contributed by atoms with van der Waals surface area (Å²) in [5.74, 6) is -0.292. The van der Waals surface area contributed by atoms with Crippen molar-refractivity contribution >= 4 is 5.97 Å². The van der Waals surface area contributed by atoms with Crippen molar-refractivity contribution in [2.24, 2.45) is 0 Å². The van der Waals surface area contributed by atoms with Crippen molar-refractivity contribution in [1.29, 1.82) is 0 Å². The van der Waals surface area contributed by atoms with E-state index in [2.05, 4.69) is 11.8 Å². The van der Waals surface area contributed by atoms with Crippen LogP contribution in [0.1, 0.15) is 36.5 Å². The van der Waals surface area contributed by atoms with Crippen molar-refractivity contribution in [3.8, 4) is 5.75 Å². The predicted molar refractivity (Wildman–Crippen MR) is 73.8 cm³/mol. The number of benzene rings is 1. The number of carbonyl (C=O) groups is 1. The Morgan fingerprint density at radius 1 is 1.47 bits per heavy atom. The molecule has 0 bridgehead atoms. The molecule has 1 atom stereocenters. The molecule has 1 fully saturated rings. The molecule has 1 aromatic rings. The van der Waals surface area contributed by atoms with Crippen LogP contribution in [0.15, 0.2) is 24.3 Å². The summed E-state index contributed by atoms with van der Waals surface area (Å²) in [5.41, 5.74) is 0.267. The highest BCUT2D eigenvalue weighted by Crippen LogP contribution is 2.17. The van der Waals surface area contributed by atoms with Gasteiger partial charge < -0.3 is 9.84 Å². The van der Waals surface area contributed by atoms with Gasteiger partial charge in [-0.25, -0.2) is 4.79 Å². The Bertz CT molecular complexity index is 433. The van der Waals surface area contributed by atoms with E-state index < -0.39 is 5.97 Å². The van der Waals surface area contributed by atoms with Crippen molar-refractivity contribution in [2.45, 2.75) is 32.2 Å². The minimum absolute atomic E-state index is 0.267. The molecular weight excluding hydrogens is 242 g/mol. The third kappa shape index (κ3) is 3.96. The van der Waals surface area contributed by atoms with Crippen LogP contribution in [0, 0.1) is 0 Å². The summed E-state index contributed by atoms with van der Waals surface area (Å²) in [6.45, 7) is 4.90. The fourth-order valence-corrected chi connectivity index (χ4v) is 2.49.